The molecule has 0 aliphatic carbocycles. The molecule has 3 aromatic carbocycles. The highest BCUT2D eigenvalue weighted by Gasteiger charge is 2.54. The van der Waals surface area contributed by atoms with Crippen LogP contribution in [-0.2, 0) is 21.0 Å². The molecular formula is C29H29F3N2O4S. The second-order valence-corrected chi connectivity index (χ2v) is 12.0. The number of aryl methyl sites for hydroxylation is 1. The Hall–Kier alpha value is -3.21. The molecule has 2 fully saturated rings. The first-order chi connectivity index (χ1) is 18.4. The third-order valence-corrected chi connectivity index (χ3v) is 9.93. The lowest BCUT2D eigenvalue weighted by Crippen LogP contribution is -2.67. The van der Waals surface area contributed by atoms with E-state index in [1.54, 1.807) is 0 Å². The van der Waals surface area contributed by atoms with Gasteiger partial charge in [0, 0.05) is 25.4 Å². The minimum atomic E-state index is -4.85. The molecule has 0 spiro atoms. The van der Waals surface area contributed by atoms with Crippen LogP contribution in [0.4, 0.5) is 13.2 Å². The quantitative estimate of drug-likeness (QED) is 0.491. The fourth-order valence-corrected chi connectivity index (χ4v) is 7.52. The number of carbonyl (C=O) groups is 1. The fraction of sp³-hybridized carbons (Fsp3) is 0.345. The standard InChI is InChI=1S/C29H29F3N2O4S/c1-18-6-5-7-22(19(18)2)20-10-12-21(13-11-20)28-24-16-33(15-14-27(36)34(24)25(28)17-35)39(37,38)26-9-4-3-8-23(26)29(30,31)32/h3-13,24-25,28,35H,14-17H2,1-2H3/t24-,25+,28-/m0/s1. The summed E-state index contributed by atoms with van der Waals surface area (Å²) in [6, 6.07) is 16.7. The number of carbonyl (C=O) groups excluding carboxylic acids is 1. The molecule has 2 aliphatic heterocycles. The Morgan fingerprint density at radius 1 is 0.974 bits per heavy atom. The van der Waals surface area contributed by atoms with Gasteiger partial charge in [0.15, 0.2) is 0 Å². The van der Waals surface area contributed by atoms with Gasteiger partial charge in [-0.15, -0.1) is 0 Å². The molecule has 1 N–H and O–H groups in total. The zero-order chi connectivity index (χ0) is 28.1. The number of rotatable bonds is 5. The number of fused-ring (bicyclic) bond motifs is 1. The number of aliphatic hydroxyl groups is 1. The lowest BCUT2D eigenvalue weighted by atomic mass is 9.75. The van der Waals surface area contributed by atoms with E-state index >= 15 is 0 Å². The van der Waals surface area contributed by atoms with Crippen LogP contribution in [0.5, 0.6) is 0 Å². The largest absolute Gasteiger partial charge is 0.417 e. The number of halogens is 3. The lowest BCUT2D eigenvalue weighted by Gasteiger charge is -2.54. The van der Waals surface area contributed by atoms with Gasteiger partial charge < -0.3 is 10.0 Å². The second-order valence-electron chi connectivity index (χ2n) is 10.1. The lowest BCUT2D eigenvalue weighted by molar-refractivity contribution is -0.148. The van der Waals surface area contributed by atoms with E-state index in [1.807, 2.05) is 56.3 Å². The molecule has 5 rings (SSSR count). The number of hydrogen-bond acceptors (Lipinski definition) is 4. The molecule has 0 radical (unpaired) electrons. The minimum Gasteiger partial charge on any atom is -0.394 e. The van der Waals surface area contributed by atoms with Crippen LogP contribution in [0.3, 0.4) is 0 Å². The number of sulfonamides is 1. The summed E-state index contributed by atoms with van der Waals surface area (Å²) in [6.07, 6.45) is -5.03. The number of benzene rings is 3. The molecule has 206 valence electrons. The first-order valence-corrected chi connectivity index (χ1v) is 14.1. The molecule has 39 heavy (non-hydrogen) atoms. The normalized spacial score (nSPS) is 22.3. The van der Waals surface area contributed by atoms with Gasteiger partial charge in [-0.25, -0.2) is 8.42 Å². The number of alkyl halides is 3. The Morgan fingerprint density at radius 2 is 1.67 bits per heavy atom. The van der Waals surface area contributed by atoms with Crippen molar-refractivity contribution in [1.29, 1.82) is 0 Å². The summed E-state index contributed by atoms with van der Waals surface area (Å²) in [4.78, 5) is 13.6. The van der Waals surface area contributed by atoms with Crippen molar-refractivity contribution in [2.24, 2.45) is 0 Å². The summed E-state index contributed by atoms with van der Waals surface area (Å²) in [5.41, 5.74) is 3.99. The Bertz CT molecular complexity index is 1510. The second kappa shape index (κ2) is 10.1. The van der Waals surface area contributed by atoms with Crippen LogP contribution in [0.15, 0.2) is 71.6 Å². The summed E-state index contributed by atoms with van der Waals surface area (Å²) >= 11 is 0. The van der Waals surface area contributed by atoms with E-state index in [0.29, 0.717) is 0 Å². The van der Waals surface area contributed by atoms with Gasteiger partial charge in [0.05, 0.1) is 29.1 Å². The maximum absolute atomic E-state index is 13.6. The summed E-state index contributed by atoms with van der Waals surface area (Å²) in [5, 5.41) is 10.1. The highest BCUT2D eigenvalue weighted by molar-refractivity contribution is 7.89. The van der Waals surface area contributed by atoms with Gasteiger partial charge in [-0.1, -0.05) is 54.6 Å². The monoisotopic (exact) mass is 558 g/mol. The molecule has 3 aromatic rings. The van der Waals surface area contributed by atoms with Crippen molar-refractivity contribution in [1.82, 2.24) is 9.21 Å². The van der Waals surface area contributed by atoms with Crippen molar-refractivity contribution in [2.75, 3.05) is 19.7 Å². The van der Waals surface area contributed by atoms with Crippen molar-refractivity contribution < 1.29 is 31.5 Å². The molecule has 2 aliphatic rings. The molecule has 0 unspecified atom stereocenters. The predicted octanol–water partition coefficient (Wildman–Crippen LogP) is 4.74. The van der Waals surface area contributed by atoms with E-state index in [9.17, 15) is 31.5 Å². The van der Waals surface area contributed by atoms with Gasteiger partial charge in [-0.2, -0.15) is 17.5 Å². The third-order valence-electron chi connectivity index (χ3n) is 8.01. The molecule has 3 atom stereocenters. The maximum Gasteiger partial charge on any atom is 0.417 e. The van der Waals surface area contributed by atoms with Gasteiger partial charge in [0.2, 0.25) is 15.9 Å². The van der Waals surface area contributed by atoms with Gasteiger partial charge in [0.25, 0.3) is 0 Å². The van der Waals surface area contributed by atoms with Crippen LogP contribution in [-0.4, -0.2) is 60.4 Å². The topological polar surface area (TPSA) is 77.9 Å². The van der Waals surface area contributed by atoms with E-state index in [-0.39, 0.29) is 37.9 Å². The molecular weight excluding hydrogens is 529 g/mol. The fourth-order valence-electron chi connectivity index (χ4n) is 5.85. The molecule has 6 nitrogen and oxygen atoms in total. The number of aliphatic hydroxyl groups excluding tert-OH is 1. The highest BCUT2D eigenvalue weighted by atomic mass is 32.2. The van der Waals surface area contributed by atoms with Crippen molar-refractivity contribution in [3.63, 3.8) is 0 Å². The number of nitrogens with zero attached hydrogens (tertiary/aromatic N) is 2. The van der Waals surface area contributed by atoms with Gasteiger partial charge in [-0.3, -0.25) is 4.79 Å². The Kier molecular flexibility index (Phi) is 7.07. The van der Waals surface area contributed by atoms with Gasteiger partial charge in [-0.05, 0) is 53.8 Å². The van der Waals surface area contributed by atoms with Crippen LogP contribution in [0.2, 0.25) is 0 Å². The smallest absolute Gasteiger partial charge is 0.394 e. The Morgan fingerprint density at radius 3 is 2.33 bits per heavy atom. The van der Waals surface area contributed by atoms with E-state index in [0.717, 1.165) is 50.3 Å². The molecule has 0 saturated carbocycles. The first-order valence-electron chi connectivity index (χ1n) is 12.7. The van der Waals surface area contributed by atoms with Gasteiger partial charge >= 0.3 is 6.18 Å². The van der Waals surface area contributed by atoms with E-state index in [4.69, 9.17) is 0 Å². The van der Waals surface area contributed by atoms with Crippen LogP contribution >= 0.6 is 0 Å². The zero-order valence-electron chi connectivity index (χ0n) is 21.5. The van der Waals surface area contributed by atoms with Crippen LogP contribution in [0.1, 0.15) is 34.6 Å². The van der Waals surface area contributed by atoms with Crippen molar-refractivity contribution >= 4 is 15.9 Å². The Labute approximate surface area is 225 Å². The summed E-state index contributed by atoms with van der Waals surface area (Å²) < 4.78 is 68.9. The molecule has 0 bridgehead atoms. The summed E-state index contributed by atoms with van der Waals surface area (Å²) in [7, 11) is -4.55. The van der Waals surface area contributed by atoms with Crippen LogP contribution < -0.4 is 0 Å². The molecule has 0 aromatic heterocycles. The van der Waals surface area contributed by atoms with Crippen molar-refractivity contribution in [3.8, 4) is 11.1 Å². The highest BCUT2D eigenvalue weighted by Crippen LogP contribution is 2.44. The number of amides is 1. The van der Waals surface area contributed by atoms with Crippen molar-refractivity contribution in [3.05, 3.63) is 89.0 Å². The van der Waals surface area contributed by atoms with Crippen molar-refractivity contribution in [2.45, 2.75) is 49.3 Å². The third kappa shape index (κ3) is 4.74. The van der Waals surface area contributed by atoms with E-state index in [1.165, 1.54) is 11.0 Å². The maximum atomic E-state index is 13.6. The molecule has 10 heteroatoms. The summed E-state index contributed by atoms with van der Waals surface area (Å²) in [5.74, 6) is -0.704. The molecule has 2 heterocycles. The van der Waals surface area contributed by atoms with Crippen LogP contribution in [0.25, 0.3) is 11.1 Å². The average Bonchev–Trinajstić information content (AvgIpc) is 3.03. The zero-order valence-corrected chi connectivity index (χ0v) is 22.3. The number of hydrogen-bond donors (Lipinski definition) is 1. The Balaban J connectivity index is 1.48. The minimum absolute atomic E-state index is 0.166. The summed E-state index contributed by atoms with van der Waals surface area (Å²) in [6.45, 7) is 3.37. The molecule has 2 saturated heterocycles. The average molecular weight is 559 g/mol. The SMILES string of the molecule is Cc1cccc(-c2ccc([C@@H]3[C@@H](CO)N4C(=O)CCN(S(=O)(=O)c5ccccc5C(F)(F)F)C[C@@H]34)cc2)c1C. The van der Waals surface area contributed by atoms with Gasteiger partial charge in [0.1, 0.15) is 0 Å². The van der Waals surface area contributed by atoms with Crippen LogP contribution in [0, 0.1) is 13.8 Å². The first kappa shape index (κ1) is 27.4. The van der Waals surface area contributed by atoms with E-state index < -0.39 is 38.7 Å². The van der Waals surface area contributed by atoms with E-state index in [2.05, 4.69) is 0 Å². The predicted molar refractivity (Wildman–Crippen MR) is 140 cm³/mol. The molecule has 1 amide bonds.